The van der Waals surface area contributed by atoms with Crippen molar-refractivity contribution in [2.75, 3.05) is 6.54 Å². The Kier molecular flexibility index (Phi) is 7.09. The molecule has 1 unspecified atom stereocenters. The SMILES string of the molecule is CCCNC(CC1CCCCCC1)c1ccc(Br)cc1. The van der Waals surface area contributed by atoms with E-state index in [1.54, 1.807) is 0 Å². The van der Waals surface area contributed by atoms with Crippen molar-refractivity contribution in [3.63, 3.8) is 0 Å². The maximum absolute atomic E-state index is 3.76. The highest BCUT2D eigenvalue weighted by Gasteiger charge is 2.19. The molecule has 1 fully saturated rings. The van der Waals surface area contributed by atoms with Crippen LogP contribution in [0.1, 0.15) is 69.9 Å². The molecule has 1 N–H and O–H groups in total. The van der Waals surface area contributed by atoms with Crippen LogP contribution in [-0.2, 0) is 0 Å². The summed E-state index contributed by atoms with van der Waals surface area (Å²) in [7, 11) is 0. The molecule has 1 nitrogen and oxygen atoms in total. The minimum atomic E-state index is 0.533. The van der Waals surface area contributed by atoms with Crippen molar-refractivity contribution < 1.29 is 0 Å². The van der Waals surface area contributed by atoms with Crippen LogP contribution >= 0.6 is 15.9 Å². The zero-order chi connectivity index (χ0) is 14.2. The van der Waals surface area contributed by atoms with Gasteiger partial charge in [-0.1, -0.05) is 73.5 Å². The lowest BCUT2D eigenvalue weighted by Gasteiger charge is -2.24. The van der Waals surface area contributed by atoms with Gasteiger partial charge in [0.2, 0.25) is 0 Å². The highest BCUT2D eigenvalue weighted by atomic mass is 79.9. The molecule has 1 atom stereocenters. The fraction of sp³-hybridized carbons (Fsp3) is 0.667. The van der Waals surface area contributed by atoms with E-state index < -0.39 is 0 Å². The summed E-state index contributed by atoms with van der Waals surface area (Å²) in [4.78, 5) is 0. The molecule has 20 heavy (non-hydrogen) atoms. The van der Waals surface area contributed by atoms with Crippen molar-refractivity contribution in [3.8, 4) is 0 Å². The molecule has 1 aliphatic rings. The standard InChI is InChI=1S/C18H28BrN/c1-2-13-20-18(16-9-11-17(19)12-10-16)14-15-7-5-3-4-6-8-15/h9-12,15,18,20H,2-8,13-14H2,1H3. The van der Waals surface area contributed by atoms with Gasteiger partial charge in [0.1, 0.15) is 0 Å². The minimum Gasteiger partial charge on any atom is -0.310 e. The maximum atomic E-state index is 3.76. The molecule has 1 aromatic rings. The van der Waals surface area contributed by atoms with Gasteiger partial charge in [0.25, 0.3) is 0 Å². The first-order valence-corrected chi connectivity index (χ1v) is 9.07. The summed E-state index contributed by atoms with van der Waals surface area (Å²) in [6.45, 7) is 3.37. The van der Waals surface area contributed by atoms with Gasteiger partial charge in [-0.2, -0.15) is 0 Å². The van der Waals surface area contributed by atoms with Crippen LogP contribution in [0.25, 0.3) is 0 Å². The first-order valence-electron chi connectivity index (χ1n) is 8.28. The van der Waals surface area contributed by atoms with Crippen molar-refractivity contribution in [1.82, 2.24) is 5.32 Å². The van der Waals surface area contributed by atoms with E-state index >= 15 is 0 Å². The van der Waals surface area contributed by atoms with Crippen molar-refractivity contribution in [2.24, 2.45) is 5.92 Å². The third-order valence-electron chi connectivity index (χ3n) is 4.46. The zero-order valence-corrected chi connectivity index (χ0v) is 14.3. The van der Waals surface area contributed by atoms with Gasteiger partial charge in [-0.3, -0.25) is 0 Å². The summed E-state index contributed by atoms with van der Waals surface area (Å²) in [6, 6.07) is 9.42. The molecular formula is C18H28BrN. The van der Waals surface area contributed by atoms with E-state index in [2.05, 4.69) is 52.4 Å². The molecule has 1 aliphatic carbocycles. The molecular weight excluding hydrogens is 310 g/mol. The maximum Gasteiger partial charge on any atom is 0.0322 e. The summed E-state index contributed by atoms with van der Waals surface area (Å²) >= 11 is 3.54. The van der Waals surface area contributed by atoms with Crippen LogP contribution < -0.4 is 5.32 Å². The quantitative estimate of drug-likeness (QED) is 0.642. The second kappa shape index (κ2) is 8.84. The largest absolute Gasteiger partial charge is 0.310 e. The van der Waals surface area contributed by atoms with Crippen LogP contribution in [0.5, 0.6) is 0 Å². The number of rotatable bonds is 6. The Hall–Kier alpha value is -0.340. The normalized spacial score (nSPS) is 18.7. The smallest absolute Gasteiger partial charge is 0.0322 e. The number of halogens is 1. The van der Waals surface area contributed by atoms with Crippen molar-refractivity contribution in [3.05, 3.63) is 34.3 Å². The molecule has 1 aromatic carbocycles. The number of hydrogen-bond donors (Lipinski definition) is 1. The summed E-state index contributed by atoms with van der Waals surface area (Å²) < 4.78 is 1.17. The molecule has 0 bridgehead atoms. The fourth-order valence-electron chi connectivity index (χ4n) is 3.28. The molecule has 1 saturated carbocycles. The predicted molar refractivity (Wildman–Crippen MR) is 91.0 cm³/mol. The van der Waals surface area contributed by atoms with Gasteiger partial charge >= 0.3 is 0 Å². The molecule has 2 heteroatoms. The molecule has 0 spiro atoms. The number of hydrogen-bond acceptors (Lipinski definition) is 1. The Morgan fingerprint density at radius 3 is 2.35 bits per heavy atom. The highest BCUT2D eigenvalue weighted by Crippen LogP contribution is 2.31. The average molecular weight is 338 g/mol. The Balaban J connectivity index is 2.00. The van der Waals surface area contributed by atoms with Crippen molar-refractivity contribution in [1.29, 1.82) is 0 Å². The Morgan fingerprint density at radius 2 is 1.75 bits per heavy atom. The zero-order valence-electron chi connectivity index (χ0n) is 12.7. The first-order chi connectivity index (χ1) is 9.79. The molecule has 0 aromatic heterocycles. The molecule has 0 aliphatic heterocycles. The second-order valence-corrected chi connectivity index (χ2v) is 7.07. The Morgan fingerprint density at radius 1 is 1.10 bits per heavy atom. The van der Waals surface area contributed by atoms with Crippen LogP contribution in [-0.4, -0.2) is 6.54 Å². The van der Waals surface area contributed by atoms with Gasteiger partial charge in [0.05, 0.1) is 0 Å². The third-order valence-corrected chi connectivity index (χ3v) is 4.99. The lowest BCUT2D eigenvalue weighted by molar-refractivity contribution is 0.356. The summed E-state index contributed by atoms with van der Waals surface area (Å²) in [6.07, 6.45) is 11.1. The number of nitrogens with one attached hydrogen (secondary N) is 1. The summed E-state index contributed by atoms with van der Waals surface area (Å²) in [5, 5.41) is 3.76. The van der Waals surface area contributed by atoms with E-state index in [0.29, 0.717) is 6.04 Å². The van der Waals surface area contributed by atoms with Crippen LogP contribution in [0.15, 0.2) is 28.7 Å². The predicted octanol–water partition coefficient (Wildman–Crippen LogP) is 5.85. The molecule has 0 radical (unpaired) electrons. The lowest BCUT2D eigenvalue weighted by atomic mass is 9.89. The molecule has 0 saturated heterocycles. The topological polar surface area (TPSA) is 12.0 Å². The van der Waals surface area contributed by atoms with Crippen molar-refractivity contribution >= 4 is 15.9 Å². The van der Waals surface area contributed by atoms with Gasteiger partial charge in [0.15, 0.2) is 0 Å². The highest BCUT2D eigenvalue weighted by molar-refractivity contribution is 9.10. The Labute approximate surface area is 132 Å². The molecule has 0 heterocycles. The Bertz CT molecular complexity index is 366. The van der Waals surface area contributed by atoms with Crippen LogP contribution in [0, 0.1) is 5.92 Å². The third kappa shape index (κ3) is 5.21. The van der Waals surface area contributed by atoms with E-state index in [4.69, 9.17) is 0 Å². The second-order valence-electron chi connectivity index (χ2n) is 6.15. The van der Waals surface area contributed by atoms with E-state index in [-0.39, 0.29) is 0 Å². The average Bonchev–Trinajstić information content (AvgIpc) is 2.73. The van der Waals surface area contributed by atoms with Gasteiger partial charge < -0.3 is 5.32 Å². The lowest BCUT2D eigenvalue weighted by Crippen LogP contribution is -2.24. The van der Waals surface area contributed by atoms with Gasteiger partial charge in [-0.25, -0.2) is 0 Å². The van der Waals surface area contributed by atoms with E-state index in [1.165, 1.54) is 61.4 Å². The molecule has 0 amide bonds. The van der Waals surface area contributed by atoms with Gasteiger partial charge in [-0.15, -0.1) is 0 Å². The van der Waals surface area contributed by atoms with E-state index in [0.717, 1.165) is 12.5 Å². The van der Waals surface area contributed by atoms with Crippen LogP contribution in [0.4, 0.5) is 0 Å². The first kappa shape index (κ1) is 16.0. The summed E-state index contributed by atoms with van der Waals surface area (Å²) in [5.41, 5.74) is 1.45. The van der Waals surface area contributed by atoms with Gasteiger partial charge in [0, 0.05) is 10.5 Å². The molecule has 2 rings (SSSR count). The van der Waals surface area contributed by atoms with Crippen molar-refractivity contribution in [2.45, 2.75) is 64.3 Å². The molecule has 112 valence electrons. The minimum absolute atomic E-state index is 0.533. The summed E-state index contributed by atoms with van der Waals surface area (Å²) in [5.74, 6) is 0.913. The number of benzene rings is 1. The fourth-order valence-corrected chi connectivity index (χ4v) is 3.55. The van der Waals surface area contributed by atoms with Crippen LogP contribution in [0.2, 0.25) is 0 Å². The van der Waals surface area contributed by atoms with Crippen LogP contribution in [0.3, 0.4) is 0 Å². The van der Waals surface area contributed by atoms with E-state index in [1.807, 2.05) is 0 Å². The monoisotopic (exact) mass is 337 g/mol. The van der Waals surface area contributed by atoms with Gasteiger partial charge in [-0.05, 0) is 43.0 Å². The van der Waals surface area contributed by atoms with E-state index in [9.17, 15) is 0 Å².